The normalized spacial score (nSPS) is 20.2. The van der Waals surface area contributed by atoms with Gasteiger partial charge >= 0.3 is 0 Å². The predicted molar refractivity (Wildman–Crippen MR) is 93.8 cm³/mol. The number of piperidine rings is 1. The van der Waals surface area contributed by atoms with Gasteiger partial charge in [0.15, 0.2) is 0 Å². The molecule has 2 aliphatic heterocycles. The van der Waals surface area contributed by atoms with Crippen LogP contribution in [0.2, 0.25) is 0 Å². The van der Waals surface area contributed by atoms with Crippen molar-refractivity contribution < 1.29 is 9.59 Å². The molecule has 0 radical (unpaired) electrons. The van der Waals surface area contributed by atoms with Crippen LogP contribution in [0.15, 0.2) is 0 Å². The number of amides is 2. The first-order valence-electron chi connectivity index (χ1n) is 8.57. The van der Waals surface area contributed by atoms with Gasteiger partial charge < -0.3 is 20.4 Å². The lowest BCUT2D eigenvalue weighted by Gasteiger charge is -2.33. The first-order chi connectivity index (χ1) is 10.6. The fourth-order valence-corrected chi connectivity index (χ4v) is 2.99. The van der Waals surface area contributed by atoms with Crippen molar-refractivity contribution in [1.29, 1.82) is 0 Å². The Bertz CT molecular complexity index is 378. The number of carbonyl (C=O) groups excluding carboxylic acids is 2. The van der Waals surface area contributed by atoms with Crippen LogP contribution in [0.1, 0.15) is 33.1 Å². The van der Waals surface area contributed by atoms with E-state index >= 15 is 0 Å². The van der Waals surface area contributed by atoms with Crippen LogP contribution in [-0.2, 0) is 9.59 Å². The first kappa shape index (κ1) is 20.2. The molecule has 23 heavy (non-hydrogen) atoms. The summed E-state index contributed by atoms with van der Waals surface area (Å²) in [5.41, 5.74) is 0. The van der Waals surface area contributed by atoms with Gasteiger partial charge in [-0.25, -0.2) is 0 Å². The SMILES string of the molecule is CC(C)C(=O)NC1CCN(CCC(=O)N2CCNCC2)CC1.Cl. The molecule has 0 unspecified atom stereocenters. The van der Waals surface area contributed by atoms with Crippen molar-refractivity contribution in [2.75, 3.05) is 45.8 Å². The number of hydrogen-bond acceptors (Lipinski definition) is 4. The van der Waals surface area contributed by atoms with Gasteiger partial charge in [-0.05, 0) is 12.8 Å². The molecule has 0 aliphatic carbocycles. The van der Waals surface area contributed by atoms with Crippen molar-refractivity contribution in [2.45, 2.75) is 39.2 Å². The summed E-state index contributed by atoms with van der Waals surface area (Å²) in [5, 5.41) is 6.37. The Kier molecular flexibility index (Phi) is 8.87. The zero-order valence-electron chi connectivity index (χ0n) is 14.3. The Morgan fingerprint density at radius 2 is 1.74 bits per heavy atom. The third-order valence-electron chi connectivity index (χ3n) is 4.57. The molecule has 0 bridgehead atoms. The van der Waals surface area contributed by atoms with Crippen LogP contribution in [0.3, 0.4) is 0 Å². The Labute approximate surface area is 145 Å². The molecule has 2 fully saturated rings. The molecule has 2 amide bonds. The summed E-state index contributed by atoms with van der Waals surface area (Å²) in [6.07, 6.45) is 2.59. The number of carbonyl (C=O) groups is 2. The van der Waals surface area contributed by atoms with Gasteiger partial charge in [0.05, 0.1) is 0 Å². The average molecular weight is 347 g/mol. The third-order valence-corrected chi connectivity index (χ3v) is 4.57. The van der Waals surface area contributed by atoms with Crippen molar-refractivity contribution in [1.82, 2.24) is 20.4 Å². The van der Waals surface area contributed by atoms with E-state index in [9.17, 15) is 9.59 Å². The largest absolute Gasteiger partial charge is 0.353 e. The van der Waals surface area contributed by atoms with Crippen LogP contribution in [0.25, 0.3) is 0 Å². The van der Waals surface area contributed by atoms with E-state index in [1.807, 2.05) is 18.7 Å². The molecule has 0 aromatic carbocycles. The van der Waals surface area contributed by atoms with Gasteiger partial charge in [0.2, 0.25) is 11.8 Å². The number of piperazine rings is 1. The minimum atomic E-state index is 0. The fraction of sp³-hybridized carbons (Fsp3) is 0.875. The second-order valence-electron chi connectivity index (χ2n) is 6.66. The molecule has 6 nitrogen and oxygen atoms in total. The zero-order valence-corrected chi connectivity index (χ0v) is 15.2. The van der Waals surface area contributed by atoms with Crippen molar-refractivity contribution >= 4 is 24.2 Å². The summed E-state index contributed by atoms with van der Waals surface area (Å²) in [6.45, 7) is 10.1. The van der Waals surface area contributed by atoms with Crippen molar-refractivity contribution in [3.05, 3.63) is 0 Å². The van der Waals surface area contributed by atoms with Crippen LogP contribution < -0.4 is 10.6 Å². The predicted octanol–water partition coefficient (Wildman–Crippen LogP) is 0.467. The Morgan fingerprint density at radius 3 is 2.30 bits per heavy atom. The minimum Gasteiger partial charge on any atom is -0.353 e. The first-order valence-corrected chi connectivity index (χ1v) is 8.57. The highest BCUT2D eigenvalue weighted by Gasteiger charge is 2.23. The zero-order chi connectivity index (χ0) is 15.9. The van der Waals surface area contributed by atoms with Gasteiger partial charge in [0.25, 0.3) is 0 Å². The number of rotatable bonds is 5. The molecule has 0 spiro atoms. The summed E-state index contributed by atoms with van der Waals surface area (Å²) in [4.78, 5) is 28.2. The van der Waals surface area contributed by atoms with Gasteiger partial charge in [0, 0.05) is 64.2 Å². The highest BCUT2D eigenvalue weighted by atomic mass is 35.5. The minimum absolute atomic E-state index is 0. The van der Waals surface area contributed by atoms with Gasteiger partial charge in [-0.3, -0.25) is 9.59 Å². The molecule has 2 N–H and O–H groups in total. The molecular formula is C16H31ClN4O2. The Balaban J connectivity index is 0.00000264. The molecular weight excluding hydrogens is 316 g/mol. The lowest BCUT2D eigenvalue weighted by Crippen LogP contribution is -2.48. The van der Waals surface area contributed by atoms with E-state index in [4.69, 9.17) is 0 Å². The molecule has 7 heteroatoms. The van der Waals surface area contributed by atoms with E-state index in [1.54, 1.807) is 0 Å². The summed E-state index contributed by atoms with van der Waals surface area (Å²) in [5.74, 6) is 0.471. The summed E-state index contributed by atoms with van der Waals surface area (Å²) >= 11 is 0. The topological polar surface area (TPSA) is 64.7 Å². The second-order valence-corrected chi connectivity index (χ2v) is 6.66. The maximum absolute atomic E-state index is 12.1. The van der Waals surface area contributed by atoms with Crippen molar-refractivity contribution in [3.63, 3.8) is 0 Å². The smallest absolute Gasteiger partial charge is 0.223 e. The van der Waals surface area contributed by atoms with Gasteiger partial charge in [-0.2, -0.15) is 0 Å². The van der Waals surface area contributed by atoms with E-state index < -0.39 is 0 Å². The molecule has 2 rings (SSSR count). The van der Waals surface area contributed by atoms with E-state index in [0.717, 1.165) is 58.7 Å². The molecule has 0 aromatic rings. The number of nitrogens with zero attached hydrogens (tertiary/aromatic N) is 2. The van der Waals surface area contributed by atoms with E-state index in [2.05, 4.69) is 15.5 Å². The summed E-state index contributed by atoms with van der Waals surface area (Å²) in [7, 11) is 0. The molecule has 2 aliphatic rings. The molecule has 2 heterocycles. The average Bonchev–Trinajstić information content (AvgIpc) is 2.54. The third kappa shape index (κ3) is 6.65. The van der Waals surface area contributed by atoms with Gasteiger partial charge in [-0.15, -0.1) is 12.4 Å². The molecule has 0 atom stereocenters. The Hall–Kier alpha value is -0.850. The number of nitrogens with one attached hydrogen (secondary N) is 2. The van der Waals surface area contributed by atoms with Crippen LogP contribution in [0.4, 0.5) is 0 Å². The fourth-order valence-electron chi connectivity index (χ4n) is 2.99. The number of hydrogen-bond donors (Lipinski definition) is 2. The van der Waals surface area contributed by atoms with Crippen LogP contribution in [-0.4, -0.2) is 73.5 Å². The highest BCUT2D eigenvalue weighted by molar-refractivity contribution is 5.85. The maximum Gasteiger partial charge on any atom is 0.223 e. The van der Waals surface area contributed by atoms with E-state index in [1.165, 1.54) is 0 Å². The lowest BCUT2D eigenvalue weighted by atomic mass is 10.0. The van der Waals surface area contributed by atoms with Crippen LogP contribution in [0, 0.1) is 5.92 Å². The number of likely N-dealkylation sites (tertiary alicyclic amines) is 1. The maximum atomic E-state index is 12.1. The summed E-state index contributed by atoms with van der Waals surface area (Å²) < 4.78 is 0. The van der Waals surface area contributed by atoms with Gasteiger partial charge in [-0.1, -0.05) is 13.8 Å². The molecule has 134 valence electrons. The van der Waals surface area contributed by atoms with Crippen LogP contribution >= 0.6 is 12.4 Å². The van der Waals surface area contributed by atoms with Crippen molar-refractivity contribution in [3.8, 4) is 0 Å². The highest BCUT2D eigenvalue weighted by Crippen LogP contribution is 2.12. The van der Waals surface area contributed by atoms with Gasteiger partial charge in [0.1, 0.15) is 0 Å². The second kappa shape index (κ2) is 10.1. The molecule has 0 saturated carbocycles. The lowest BCUT2D eigenvalue weighted by molar-refractivity contribution is -0.132. The van der Waals surface area contributed by atoms with Crippen molar-refractivity contribution in [2.24, 2.45) is 5.92 Å². The Morgan fingerprint density at radius 1 is 1.13 bits per heavy atom. The molecule has 2 saturated heterocycles. The standard InChI is InChI=1S/C16H30N4O2.ClH/c1-13(2)16(22)18-14-3-8-19(9-4-14)10-5-15(21)20-11-6-17-7-12-20;/h13-14,17H,3-12H2,1-2H3,(H,18,22);1H. The van der Waals surface area contributed by atoms with Crippen LogP contribution in [0.5, 0.6) is 0 Å². The van der Waals surface area contributed by atoms with E-state index in [-0.39, 0.29) is 30.1 Å². The number of halogens is 1. The summed E-state index contributed by atoms with van der Waals surface area (Å²) in [6, 6.07) is 0.301. The van der Waals surface area contributed by atoms with E-state index in [0.29, 0.717) is 12.5 Å². The quantitative estimate of drug-likeness (QED) is 0.759. The molecule has 0 aromatic heterocycles. The monoisotopic (exact) mass is 346 g/mol.